The van der Waals surface area contributed by atoms with E-state index in [0.29, 0.717) is 10.7 Å². The van der Waals surface area contributed by atoms with Crippen LogP contribution < -0.4 is 5.32 Å². The molecule has 0 unspecified atom stereocenters. The van der Waals surface area contributed by atoms with Crippen molar-refractivity contribution in [2.75, 3.05) is 5.32 Å². The highest BCUT2D eigenvalue weighted by atomic mass is 32.1. The predicted octanol–water partition coefficient (Wildman–Crippen LogP) is 2.48. The van der Waals surface area contributed by atoms with Crippen LogP contribution in [0.1, 0.15) is 35.5 Å². The highest BCUT2D eigenvalue weighted by Gasteiger charge is 2.20. The maximum Gasteiger partial charge on any atom is 0.268 e. The lowest BCUT2D eigenvalue weighted by Gasteiger charge is -2.13. The van der Waals surface area contributed by atoms with Gasteiger partial charge in [-0.1, -0.05) is 20.8 Å². The zero-order valence-electron chi connectivity index (χ0n) is 10.5. The van der Waals surface area contributed by atoms with Crippen molar-refractivity contribution < 1.29 is 4.79 Å². The van der Waals surface area contributed by atoms with E-state index in [2.05, 4.69) is 41.0 Å². The van der Waals surface area contributed by atoms with Crippen LogP contribution in [0.25, 0.3) is 0 Å². The Balaban J connectivity index is 2.13. The minimum Gasteiger partial charge on any atom is -0.305 e. The van der Waals surface area contributed by atoms with Gasteiger partial charge in [-0.25, -0.2) is 9.97 Å². The number of aromatic nitrogens is 3. The van der Waals surface area contributed by atoms with Crippen molar-refractivity contribution in [2.24, 2.45) is 0 Å². The number of carbonyl (C=O) groups is 1. The Kier molecular flexibility index (Phi) is 3.38. The van der Waals surface area contributed by atoms with Gasteiger partial charge < -0.3 is 5.32 Å². The molecular formula is C12H14N4OS. The summed E-state index contributed by atoms with van der Waals surface area (Å²) in [5.74, 6) is 0.233. The first-order valence-electron chi connectivity index (χ1n) is 5.50. The molecule has 18 heavy (non-hydrogen) atoms. The number of carbonyl (C=O) groups excluding carboxylic acids is 1. The summed E-state index contributed by atoms with van der Waals surface area (Å²) < 4.78 is 0. The van der Waals surface area contributed by atoms with Crippen LogP contribution in [0.3, 0.4) is 0 Å². The molecule has 0 fully saturated rings. The van der Waals surface area contributed by atoms with Gasteiger partial charge in [-0.3, -0.25) is 9.78 Å². The van der Waals surface area contributed by atoms with E-state index in [9.17, 15) is 4.79 Å². The third-order valence-corrected chi connectivity index (χ3v) is 3.60. The second-order valence-corrected chi connectivity index (χ2v) is 5.86. The van der Waals surface area contributed by atoms with Gasteiger partial charge in [0, 0.05) is 17.8 Å². The molecule has 1 amide bonds. The minimum absolute atomic E-state index is 0.0459. The summed E-state index contributed by atoms with van der Waals surface area (Å²) in [6, 6.07) is 0. The van der Waals surface area contributed by atoms with Crippen molar-refractivity contribution >= 4 is 23.1 Å². The summed E-state index contributed by atoms with van der Waals surface area (Å²) in [5, 5.41) is 3.62. The second kappa shape index (κ2) is 4.81. The van der Waals surface area contributed by atoms with E-state index < -0.39 is 0 Å². The molecule has 94 valence electrons. The van der Waals surface area contributed by atoms with Crippen LogP contribution in [0.15, 0.2) is 24.8 Å². The van der Waals surface area contributed by atoms with E-state index in [1.54, 1.807) is 12.4 Å². The quantitative estimate of drug-likeness (QED) is 0.902. The van der Waals surface area contributed by atoms with E-state index in [1.807, 2.05) is 0 Å². The molecule has 5 nitrogen and oxygen atoms in total. The minimum atomic E-state index is -0.205. The number of anilines is 1. The summed E-state index contributed by atoms with van der Waals surface area (Å²) in [6.45, 7) is 6.20. The van der Waals surface area contributed by atoms with Crippen molar-refractivity contribution in [2.45, 2.75) is 26.2 Å². The Bertz CT molecular complexity index is 545. The number of thiazole rings is 1. The molecule has 2 aromatic heterocycles. The molecule has 0 aliphatic heterocycles. The number of hydrogen-bond acceptors (Lipinski definition) is 5. The summed E-state index contributed by atoms with van der Waals surface area (Å²) in [4.78, 5) is 24.7. The van der Waals surface area contributed by atoms with Gasteiger partial charge >= 0.3 is 0 Å². The van der Waals surface area contributed by atoms with Gasteiger partial charge in [-0.05, 0) is 0 Å². The molecule has 0 aliphatic carbocycles. The summed E-state index contributed by atoms with van der Waals surface area (Å²) >= 11 is 1.40. The molecule has 0 saturated heterocycles. The molecule has 0 saturated carbocycles. The lowest BCUT2D eigenvalue weighted by molar-refractivity contribution is 0.103. The van der Waals surface area contributed by atoms with Crippen molar-refractivity contribution in [3.63, 3.8) is 0 Å². The fourth-order valence-corrected chi connectivity index (χ4v) is 2.14. The van der Waals surface area contributed by atoms with E-state index in [4.69, 9.17) is 0 Å². The molecule has 0 aromatic carbocycles. The SMILES string of the molecule is CC(C)(C)c1ncc(C(=O)Nc2cnccn2)s1. The predicted molar refractivity (Wildman–Crippen MR) is 70.8 cm³/mol. The Labute approximate surface area is 109 Å². The van der Waals surface area contributed by atoms with Crippen LogP contribution >= 0.6 is 11.3 Å². The summed E-state index contributed by atoms with van der Waals surface area (Å²) in [5.41, 5.74) is -0.0459. The van der Waals surface area contributed by atoms with E-state index in [1.165, 1.54) is 23.7 Å². The Morgan fingerprint density at radius 3 is 2.56 bits per heavy atom. The van der Waals surface area contributed by atoms with Crippen molar-refractivity contribution in [1.82, 2.24) is 15.0 Å². The highest BCUT2D eigenvalue weighted by Crippen LogP contribution is 2.26. The van der Waals surface area contributed by atoms with E-state index in [0.717, 1.165) is 5.01 Å². The summed E-state index contributed by atoms with van der Waals surface area (Å²) in [6.07, 6.45) is 6.18. The summed E-state index contributed by atoms with van der Waals surface area (Å²) in [7, 11) is 0. The van der Waals surface area contributed by atoms with E-state index >= 15 is 0 Å². The molecule has 0 bridgehead atoms. The van der Waals surface area contributed by atoms with Crippen LogP contribution in [0.2, 0.25) is 0 Å². The van der Waals surface area contributed by atoms with Crippen LogP contribution in [0.4, 0.5) is 5.82 Å². The van der Waals surface area contributed by atoms with Crippen LogP contribution in [0.5, 0.6) is 0 Å². The lowest BCUT2D eigenvalue weighted by atomic mass is 9.98. The molecule has 2 heterocycles. The first kappa shape index (κ1) is 12.6. The molecule has 2 rings (SSSR count). The normalized spacial score (nSPS) is 11.3. The largest absolute Gasteiger partial charge is 0.305 e. The zero-order valence-corrected chi connectivity index (χ0v) is 11.3. The van der Waals surface area contributed by atoms with Gasteiger partial charge in [-0.15, -0.1) is 11.3 Å². The number of rotatable bonds is 2. The van der Waals surface area contributed by atoms with Crippen LogP contribution in [-0.4, -0.2) is 20.9 Å². The fraction of sp³-hybridized carbons (Fsp3) is 0.333. The number of nitrogens with one attached hydrogen (secondary N) is 1. The average molecular weight is 262 g/mol. The van der Waals surface area contributed by atoms with Crippen molar-refractivity contribution in [3.05, 3.63) is 34.7 Å². The first-order valence-corrected chi connectivity index (χ1v) is 6.32. The molecule has 0 aliphatic rings. The Morgan fingerprint density at radius 1 is 1.22 bits per heavy atom. The second-order valence-electron chi connectivity index (χ2n) is 4.82. The maximum absolute atomic E-state index is 11.9. The maximum atomic E-state index is 11.9. The first-order chi connectivity index (χ1) is 8.47. The van der Waals surface area contributed by atoms with Gasteiger partial charge in [0.05, 0.1) is 17.4 Å². The van der Waals surface area contributed by atoms with E-state index in [-0.39, 0.29) is 11.3 Å². The van der Waals surface area contributed by atoms with Gasteiger partial charge in [0.25, 0.3) is 5.91 Å². The highest BCUT2D eigenvalue weighted by molar-refractivity contribution is 7.13. The molecule has 0 spiro atoms. The number of nitrogens with zero attached hydrogens (tertiary/aromatic N) is 3. The molecule has 0 atom stereocenters. The van der Waals surface area contributed by atoms with Gasteiger partial charge in [0.2, 0.25) is 0 Å². The Morgan fingerprint density at radius 2 is 2.00 bits per heavy atom. The van der Waals surface area contributed by atoms with Crippen molar-refractivity contribution in [1.29, 1.82) is 0 Å². The zero-order chi connectivity index (χ0) is 13.2. The third-order valence-electron chi connectivity index (χ3n) is 2.18. The molecule has 1 N–H and O–H groups in total. The van der Waals surface area contributed by atoms with Gasteiger partial charge in [0.1, 0.15) is 4.88 Å². The molecule has 0 radical (unpaired) electrons. The smallest absolute Gasteiger partial charge is 0.268 e. The Hall–Kier alpha value is -1.82. The molecule has 2 aromatic rings. The monoisotopic (exact) mass is 262 g/mol. The number of hydrogen-bond donors (Lipinski definition) is 1. The molecule has 6 heteroatoms. The fourth-order valence-electron chi connectivity index (χ4n) is 1.27. The topological polar surface area (TPSA) is 67.8 Å². The van der Waals surface area contributed by atoms with Crippen LogP contribution in [0, 0.1) is 0 Å². The molecular weight excluding hydrogens is 248 g/mol. The standard InChI is InChI=1S/C12H14N4OS/c1-12(2,3)11-15-6-8(18-11)10(17)16-9-7-13-4-5-14-9/h4-7H,1-3H3,(H,14,16,17). The lowest BCUT2D eigenvalue weighted by Crippen LogP contribution is -2.11. The van der Waals surface area contributed by atoms with Gasteiger partial charge in [0.15, 0.2) is 5.82 Å². The van der Waals surface area contributed by atoms with Crippen molar-refractivity contribution in [3.8, 4) is 0 Å². The van der Waals surface area contributed by atoms with Crippen LogP contribution in [-0.2, 0) is 5.41 Å². The third kappa shape index (κ3) is 2.89. The van der Waals surface area contributed by atoms with Gasteiger partial charge in [-0.2, -0.15) is 0 Å². The average Bonchev–Trinajstić information content (AvgIpc) is 2.79. The number of amides is 1.